The van der Waals surface area contributed by atoms with Gasteiger partial charge in [-0.3, -0.25) is 14.4 Å². The number of carbonyl (C=O) groups is 4. The Bertz CT molecular complexity index is 1230. The molecule has 9 heteroatoms. The first kappa shape index (κ1) is 29.7. The zero-order valence-electron chi connectivity index (χ0n) is 23.7. The molecule has 39 heavy (non-hydrogen) atoms. The van der Waals surface area contributed by atoms with E-state index in [9.17, 15) is 19.2 Å². The van der Waals surface area contributed by atoms with Crippen LogP contribution in [0.2, 0.25) is 0 Å². The number of para-hydroxylation sites is 1. The summed E-state index contributed by atoms with van der Waals surface area (Å²) < 4.78 is 5.38. The van der Waals surface area contributed by atoms with Crippen LogP contribution in [-0.2, 0) is 19.1 Å². The predicted octanol–water partition coefficient (Wildman–Crippen LogP) is 4.44. The van der Waals surface area contributed by atoms with Gasteiger partial charge in [-0.15, -0.1) is 0 Å². The summed E-state index contributed by atoms with van der Waals surface area (Å²) in [5, 5.41) is 5.65. The topological polar surface area (TPSA) is 131 Å². The summed E-state index contributed by atoms with van der Waals surface area (Å²) in [5.74, 6) is -1.42. The summed E-state index contributed by atoms with van der Waals surface area (Å²) in [6.07, 6.45) is 0.525. The Morgan fingerprint density at radius 1 is 1.00 bits per heavy atom. The van der Waals surface area contributed by atoms with Gasteiger partial charge in [-0.1, -0.05) is 36.4 Å². The van der Waals surface area contributed by atoms with Crippen molar-refractivity contribution >= 4 is 29.5 Å². The van der Waals surface area contributed by atoms with Crippen LogP contribution in [0.4, 0.5) is 10.5 Å². The first-order valence-corrected chi connectivity index (χ1v) is 13.3. The van der Waals surface area contributed by atoms with E-state index in [0.29, 0.717) is 11.3 Å². The van der Waals surface area contributed by atoms with E-state index >= 15 is 0 Å². The average molecular weight is 537 g/mol. The Morgan fingerprint density at radius 2 is 1.64 bits per heavy atom. The average Bonchev–Trinajstić information content (AvgIpc) is 3.67. The number of nitrogens with zero attached hydrogens (tertiary/aromatic N) is 1. The monoisotopic (exact) mass is 536 g/mol. The molecule has 2 atom stereocenters. The number of benzene rings is 2. The molecule has 0 aliphatic heterocycles. The highest BCUT2D eigenvalue weighted by molar-refractivity contribution is 6.00. The summed E-state index contributed by atoms with van der Waals surface area (Å²) in [5.41, 5.74) is 8.73. The second-order valence-electron chi connectivity index (χ2n) is 11.2. The predicted molar refractivity (Wildman–Crippen MR) is 150 cm³/mol. The molecule has 2 aromatic rings. The Morgan fingerprint density at radius 3 is 2.23 bits per heavy atom. The minimum Gasteiger partial charge on any atom is -0.444 e. The van der Waals surface area contributed by atoms with Gasteiger partial charge < -0.3 is 26.0 Å². The highest BCUT2D eigenvalue weighted by atomic mass is 16.6. The Labute approximate surface area is 230 Å². The van der Waals surface area contributed by atoms with Gasteiger partial charge in [-0.25, -0.2) is 4.79 Å². The van der Waals surface area contributed by atoms with Gasteiger partial charge in [0, 0.05) is 18.2 Å². The van der Waals surface area contributed by atoms with Crippen molar-refractivity contribution < 1.29 is 23.9 Å². The van der Waals surface area contributed by atoms with Gasteiger partial charge in [0.05, 0.1) is 0 Å². The lowest BCUT2D eigenvalue weighted by Crippen LogP contribution is -2.53. The molecule has 0 heterocycles. The normalized spacial score (nSPS) is 14.6. The molecule has 2 aromatic carbocycles. The molecule has 210 valence electrons. The van der Waals surface area contributed by atoms with Crippen LogP contribution in [0.25, 0.3) is 0 Å². The summed E-state index contributed by atoms with van der Waals surface area (Å²) >= 11 is 0. The van der Waals surface area contributed by atoms with Crippen LogP contribution in [0.3, 0.4) is 0 Å². The van der Waals surface area contributed by atoms with Gasteiger partial charge in [-0.05, 0) is 89.1 Å². The number of anilines is 1. The van der Waals surface area contributed by atoms with Gasteiger partial charge in [0.2, 0.25) is 11.8 Å². The fourth-order valence-corrected chi connectivity index (χ4v) is 4.45. The largest absolute Gasteiger partial charge is 0.444 e. The molecule has 1 aliphatic carbocycles. The number of primary amides is 1. The van der Waals surface area contributed by atoms with Crippen LogP contribution in [0.15, 0.2) is 42.5 Å². The second-order valence-corrected chi connectivity index (χ2v) is 11.2. The molecule has 4 N–H and O–H groups in total. The molecular formula is C30H40N4O5. The van der Waals surface area contributed by atoms with E-state index in [1.165, 1.54) is 0 Å². The molecule has 0 aromatic heterocycles. The first-order valence-electron chi connectivity index (χ1n) is 13.3. The van der Waals surface area contributed by atoms with Crippen molar-refractivity contribution in [1.82, 2.24) is 10.2 Å². The fourth-order valence-electron chi connectivity index (χ4n) is 4.45. The number of hydrogen-bond acceptors (Lipinski definition) is 5. The van der Waals surface area contributed by atoms with E-state index < -0.39 is 35.6 Å². The molecule has 2 unspecified atom stereocenters. The van der Waals surface area contributed by atoms with Gasteiger partial charge >= 0.3 is 6.09 Å². The summed E-state index contributed by atoms with van der Waals surface area (Å²) in [6.45, 7) is 10.9. The van der Waals surface area contributed by atoms with Gasteiger partial charge in [0.1, 0.15) is 17.7 Å². The third-order valence-corrected chi connectivity index (χ3v) is 6.73. The number of hydrogen-bond donors (Lipinski definition) is 3. The highest BCUT2D eigenvalue weighted by Crippen LogP contribution is 2.38. The standard InChI is InChI=1S/C30H40N4O5/c1-18-11-9-12-22(20(18)3)26(27(36)32-23-13-8-7-10-19(23)2)34(21-14-15-21)28(37)24(16-17-25(31)35)33-29(38)39-30(4,5)6/h7-13,21,24,26H,14-17H2,1-6H3,(H2,31,35)(H,32,36)(H,33,38). The van der Waals surface area contributed by atoms with E-state index in [0.717, 1.165) is 29.5 Å². The number of ether oxygens (including phenoxy) is 1. The molecule has 0 bridgehead atoms. The lowest BCUT2D eigenvalue weighted by Gasteiger charge is -2.35. The molecular weight excluding hydrogens is 496 g/mol. The molecule has 3 rings (SSSR count). The van der Waals surface area contributed by atoms with Crippen LogP contribution in [-0.4, -0.2) is 46.4 Å². The zero-order valence-corrected chi connectivity index (χ0v) is 23.7. The molecule has 1 fully saturated rings. The van der Waals surface area contributed by atoms with Crippen LogP contribution < -0.4 is 16.4 Å². The van der Waals surface area contributed by atoms with E-state index in [2.05, 4.69) is 10.6 Å². The molecule has 0 saturated heterocycles. The fraction of sp³-hybridized carbons (Fsp3) is 0.467. The smallest absolute Gasteiger partial charge is 0.408 e. The molecule has 4 amide bonds. The van der Waals surface area contributed by atoms with E-state index in [1.807, 2.05) is 63.2 Å². The summed E-state index contributed by atoms with van der Waals surface area (Å²) in [4.78, 5) is 54.1. The third-order valence-electron chi connectivity index (χ3n) is 6.73. The van der Waals surface area contributed by atoms with Crippen LogP contribution >= 0.6 is 0 Å². The minimum absolute atomic E-state index is 0.0183. The molecule has 0 spiro atoms. The molecule has 0 radical (unpaired) electrons. The van der Waals surface area contributed by atoms with Gasteiger partial charge in [-0.2, -0.15) is 0 Å². The minimum atomic E-state index is -1.10. The maximum atomic E-state index is 14.2. The molecule has 1 saturated carbocycles. The Balaban J connectivity index is 2.04. The number of alkyl carbamates (subject to hydrolysis) is 1. The lowest BCUT2D eigenvalue weighted by molar-refractivity contribution is -0.141. The number of nitrogens with two attached hydrogens (primary N) is 1. The maximum Gasteiger partial charge on any atom is 0.408 e. The third kappa shape index (κ3) is 8.05. The van der Waals surface area contributed by atoms with Crippen molar-refractivity contribution in [3.8, 4) is 0 Å². The van der Waals surface area contributed by atoms with E-state index in [1.54, 1.807) is 25.7 Å². The summed E-state index contributed by atoms with van der Waals surface area (Å²) in [7, 11) is 0. The van der Waals surface area contributed by atoms with Crippen molar-refractivity contribution in [2.24, 2.45) is 5.73 Å². The van der Waals surface area contributed by atoms with Crippen LogP contribution in [0, 0.1) is 20.8 Å². The van der Waals surface area contributed by atoms with Crippen molar-refractivity contribution in [2.45, 2.75) is 91.0 Å². The maximum absolute atomic E-state index is 14.2. The van der Waals surface area contributed by atoms with Gasteiger partial charge in [0.25, 0.3) is 5.91 Å². The van der Waals surface area contributed by atoms with Crippen molar-refractivity contribution in [3.63, 3.8) is 0 Å². The number of carbonyl (C=O) groups excluding carboxylic acids is 4. The van der Waals surface area contributed by atoms with Gasteiger partial charge in [0.15, 0.2) is 0 Å². The number of aryl methyl sites for hydroxylation is 2. The zero-order chi connectivity index (χ0) is 28.9. The van der Waals surface area contributed by atoms with Crippen molar-refractivity contribution in [2.75, 3.05) is 5.32 Å². The Kier molecular flexibility index (Phi) is 9.37. The number of amides is 4. The van der Waals surface area contributed by atoms with Crippen molar-refractivity contribution in [3.05, 3.63) is 64.7 Å². The van der Waals surface area contributed by atoms with Crippen LogP contribution in [0.1, 0.15) is 74.8 Å². The summed E-state index contributed by atoms with van der Waals surface area (Å²) in [6, 6.07) is 10.9. The number of rotatable bonds is 10. The van der Waals surface area contributed by atoms with E-state index in [-0.39, 0.29) is 24.8 Å². The molecule has 1 aliphatic rings. The highest BCUT2D eigenvalue weighted by Gasteiger charge is 2.44. The van der Waals surface area contributed by atoms with E-state index in [4.69, 9.17) is 10.5 Å². The second kappa shape index (κ2) is 12.3. The molecule has 9 nitrogen and oxygen atoms in total. The quantitative estimate of drug-likeness (QED) is 0.413. The SMILES string of the molecule is Cc1ccccc1NC(=O)C(c1cccc(C)c1C)N(C(=O)C(CCC(N)=O)NC(=O)OC(C)(C)C)C1CC1. The van der Waals surface area contributed by atoms with Crippen LogP contribution in [0.5, 0.6) is 0 Å². The number of nitrogens with one attached hydrogen (secondary N) is 2. The lowest BCUT2D eigenvalue weighted by atomic mass is 9.94. The Hall–Kier alpha value is -3.88. The van der Waals surface area contributed by atoms with Crippen molar-refractivity contribution in [1.29, 1.82) is 0 Å². The first-order chi connectivity index (χ1) is 18.3.